The molecule has 0 radical (unpaired) electrons. The van der Waals surface area contributed by atoms with E-state index in [-0.39, 0.29) is 0 Å². The monoisotopic (exact) mass is 190 g/mol. The second-order valence-electron chi connectivity index (χ2n) is 2.55. The topological polar surface area (TPSA) is 43.4 Å². The number of hydrogen-bond acceptors (Lipinski definition) is 3. The van der Waals surface area contributed by atoms with E-state index in [4.69, 9.17) is 0 Å². The predicted octanol–water partition coefficient (Wildman–Crippen LogP) is 1.68. The molecule has 0 aromatic heterocycles. The summed E-state index contributed by atoms with van der Waals surface area (Å²) in [6.07, 6.45) is 15.7. The van der Waals surface area contributed by atoms with Gasteiger partial charge in [-0.25, -0.2) is 9.59 Å². The molecule has 0 amide bonds. The highest BCUT2D eigenvalue weighted by Gasteiger charge is 2.10. The van der Waals surface area contributed by atoms with Gasteiger partial charge in [0.25, 0.3) is 0 Å². The summed E-state index contributed by atoms with van der Waals surface area (Å²) in [5.41, 5.74) is 0. The van der Waals surface area contributed by atoms with Crippen molar-refractivity contribution in [2.24, 2.45) is 0 Å². The first kappa shape index (κ1) is 10.2. The molecular weight excluding hydrogens is 180 g/mol. The average molecular weight is 190 g/mol. The molecule has 72 valence electrons. The molecule has 3 heteroatoms. The maximum atomic E-state index is 9.92. The summed E-state index contributed by atoms with van der Waals surface area (Å²) < 4.78 is 3.97. The number of cyclic esters (lactones) is 2. The van der Waals surface area contributed by atoms with E-state index in [1.807, 2.05) is 12.2 Å². The second-order valence-corrected chi connectivity index (χ2v) is 2.55. The molecule has 1 aliphatic heterocycles. The van der Waals surface area contributed by atoms with Gasteiger partial charge >= 0.3 is 11.9 Å². The first-order chi connectivity index (χ1) is 6.79. The summed E-state index contributed by atoms with van der Waals surface area (Å²) in [5, 5.41) is 0. The molecule has 2 aliphatic rings. The zero-order chi connectivity index (χ0) is 10.2. The van der Waals surface area contributed by atoms with Crippen LogP contribution in [0.25, 0.3) is 0 Å². The standard InChI is InChI=1S/C7H8.C4H2O3/c1-2-4-6-7-5-3-1;5-3-1-2-4(6)7-3/h1-6H,7H2;1-2H. The van der Waals surface area contributed by atoms with Crippen LogP contribution >= 0.6 is 0 Å². The maximum Gasteiger partial charge on any atom is 0.338 e. The highest BCUT2D eigenvalue weighted by Crippen LogP contribution is 1.92. The van der Waals surface area contributed by atoms with Gasteiger partial charge in [-0.15, -0.1) is 0 Å². The lowest BCUT2D eigenvalue weighted by Gasteiger charge is -1.80. The van der Waals surface area contributed by atoms with Crippen LogP contribution in [0.4, 0.5) is 0 Å². The molecule has 0 saturated heterocycles. The zero-order valence-electron chi connectivity index (χ0n) is 7.55. The van der Waals surface area contributed by atoms with Crippen LogP contribution in [0, 0.1) is 0 Å². The van der Waals surface area contributed by atoms with Gasteiger partial charge in [0.1, 0.15) is 0 Å². The minimum atomic E-state index is -0.579. The number of esters is 2. The molecule has 14 heavy (non-hydrogen) atoms. The van der Waals surface area contributed by atoms with Crippen molar-refractivity contribution in [1.29, 1.82) is 0 Å². The smallest absolute Gasteiger partial charge is 0.338 e. The summed E-state index contributed by atoms with van der Waals surface area (Å²) in [5.74, 6) is -1.16. The number of hydrogen-bond donors (Lipinski definition) is 0. The highest BCUT2D eigenvalue weighted by molar-refractivity contribution is 6.04. The van der Waals surface area contributed by atoms with Crippen molar-refractivity contribution >= 4 is 11.9 Å². The molecule has 0 fully saturated rings. The Hall–Kier alpha value is -1.90. The van der Waals surface area contributed by atoms with Crippen molar-refractivity contribution in [3.05, 3.63) is 48.6 Å². The fraction of sp³-hybridized carbons (Fsp3) is 0.0909. The molecule has 2 rings (SSSR count). The molecular formula is C11H10O3. The van der Waals surface area contributed by atoms with Gasteiger partial charge in [0.05, 0.1) is 0 Å². The van der Waals surface area contributed by atoms with Gasteiger partial charge in [0, 0.05) is 12.2 Å². The van der Waals surface area contributed by atoms with Crippen LogP contribution < -0.4 is 0 Å². The molecule has 0 aromatic carbocycles. The van der Waals surface area contributed by atoms with Crippen molar-refractivity contribution in [3.63, 3.8) is 0 Å². The van der Waals surface area contributed by atoms with Crippen LogP contribution in [-0.4, -0.2) is 11.9 Å². The van der Waals surface area contributed by atoms with Crippen molar-refractivity contribution in [3.8, 4) is 0 Å². The summed E-state index contributed by atoms with van der Waals surface area (Å²) in [6.45, 7) is 0. The first-order valence-corrected chi connectivity index (χ1v) is 4.21. The zero-order valence-corrected chi connectivity index (χ0v) is 7.55. The Morgan fingerprint density at radius 2 is 1.36 bits per heavy atom. The molecule has 1 heterocycles. The fourth-order valence-electron chi connectivity index (χ4n) is 0.824. The Labute approximate surface area is 82.1 Å². The van der Waals surface area contributed by atoms with E-state index in [0.717, 1.165) is 18.6 Å². The third-order valence-electron chi connectivity index (χ3n) is 1.43. The van der Waals surface area contributed by atoms with Gasteiger partial charge in [0.2, 0.25) is 0 Å². The van der Waals surface area contributed by atoms with Gasteiger partial charge in [-0.1, -0.05) is 36.5 Å². The van der Waals surface area contributed by atoms with Crippen molar-refractivity contribution in [2.45, 2.75) is 6.42 Å². The minimum absolute atomic E-state index is 0.579. The maximum absolute atomic E-state index is 9.92. The van der Waals surface area contributed by atoms with Crippen molar-refractivity contribution < 1.29 is 14.3 Å². The normalized spacial score (nSPS) is 17.4. The van der Waals surface area contributed by atoms with Crippen LogP contribution in [0.3, 0.4) is 0 Å². The molecule has 0 N–H and O–H groups in total. The molecule has 3 nitrogen and oxygen atoms in total. The van der Waals surface area contributed by atoms with E-state index in [1.165, 1.54) is 0 Å². The van der Waals surface area contributed by atoms with Gasteiger partial charge < -0.3 is 4.74 Å². The lowest BCUT2D eigenvalue weighted by molar-refractivity contribution is -0.150. The Balaban J connectivity index is 0.000000140. The molecule has 0 atom stereocenters. The van der Waals surface area contributed by atoms with E-state index >= 15 is 0 Å². The van der Waals surface area contributed by atoms with Gasteiger partial charge in [-0.2, -0.15) is 0 Å². The highest BCUT2D eigenvalue weighted by atomic mass is 16.6. The van der Waals surface area contributed by atoms with Gasteiger partial charge in [-0.3, -0.25) is 0 Å². The molecule has 0 aromatic rings. The summed E-state index contributed by atoms with van der Waals surface area (Å²) in [6, 6.07) is 0. The largest absolute Gasteiger partial charge is 0.387 e. The molecule has 0 unspecified atom stereocenters. The van der Waals surface area contributed by atoms with E-state index in [0.29, 0.717) is 0 Å². The third kappa shape index (κ3) is 4.21. The number of carbonyl (C=O) groups excluding carboxylic acids is 2. The Kier molecular flexibility index (Phi) is 4.14. The van der Waals surface area contributed by atoms with Crippen molar-refractivity contribution in [2.75, 3.05) is 0 Å². The van der Waals surface area contributed by atoms with Crippen molar-refractivity contribution in [1.82, 2.24) is 0 Å². The summed E-state index contributed by atoms with van der Waals surface area (Å²) in [4.78, 5) is 19.8. The van der Waals surface area contributed by atoms with E-state index in [1.54, 1.807) is 0 Å². The van der Waals surface area contributed by atoms with Crippen LogP contribution in [0.5, 0.6) is 0 Å². The van der Waals surface area contributed by atoms with Crippen LogP contribution in [0.15, 0.2) is 48.6 Å². The van der Waals surface area contributed by atoms with E-state index in [9.17, 15) is 9.59 Å². The Bertz CT molecular complexity index is 302. The molecule has 0 bridgehead atoms. The average Bonchev–Trinajstić information content (AvgIpc) is 2.49. The molecule has 0 saturated carbocycles. The Morgan fingerprint density at radius 3 is 1.71 bits per heavy atom. The van der Waals surface area contributed by atoms with E-state index in [2.05, 4.69) is 29.0 Å². The summed E-state index contributed by atoms with van der Waals surface area (Å²) >= 11 is 0. The van der Waals surface area contributed by atoms with Crippen LogP contribution in [0.2, 0.25) is 0 Å². The minimum Gasteiger partial charge on any atom is -0.387 e. The first-order valence-electron chi connectivity index (χ1n) is 4.21. The fourth-order valence-corrected chi connectivity index (χ4v) is 0.824. The number of ether oxygens (including phenoxy) is 1. The second kappa shape index (κ2) is 5.70. The number of allylic oxidation sites excluding steroid dienone is 6. The summed E-state index contributed by atoms with van der Waals surface area (Å²) in [7, 11) is 0. The van der Waals surface area contributed by atoms with Gasteiger partial charge in [-0.05, 0) is 6.42 Å². The molecule has 0 spiro atoms. The Morgan fingerprint density at radius 1 is 0.857 bits per heavy atom. The molecule has 1 aliphatic carbocycles. The van der Waals surface area contributed by atoms with Crippen LogP contribution in [0.1, 0.15) is 6.42 Å². The SMILES string of the molecule is C1=CC=CCC=C1.O=C1C=CC(=O)O1. The lowest BCUT2D eigenvalue weighted by Crippen LogP contribution is -1.96. The van der Waals surface area contributed by atoms with Gasteiger partial charge in [0.15, 0.2) is 0 Å². The third-order valence-corrected chi connectivity index (χ3v) is 1.43. The lowest BCUT2D eigenvalue weighted by atomic mass is 10.4. The quantitative estimate of drug-likeness (QED) is 0.431. The van der Waals surface area contributed by atoms with E-state index < -0.39 is 11.9 Å². The predicted molar refractivity (Wildman–Crippen MR) is 52.3 cm³/mol. The number of rotatable bonds is 0. The van der Waals surface area contributed by atoms with Crippen LogP contribution in [-0.2, 0) is 14.3 Å². The number of carbonyl (C=O) groups is 2.